The number of rotatable bonds is 11. The first kappa shape index (κ1) is 39.4. The van der Waals surface area contributed by atoms with E-state index in [1.54, 1.807) is 25.2 Å². The Morgan fingerprint density at radius 1 is 0.915 bits per heavy atom. The van der Waals surface area contributed by atoms with Crippen molar-refractivity contribution in [1.29, 1.82) is 0 Å². The van der Waals surface area contributed by atoms with Crippen LogP contribution < -0.4 is 10.1 Å². The van der Waals surface area contributed by atoms with Gasteiger partial charge in [-0.25, -0.2) is 19.9 Å². The number of hydrogen-bond acceptors (Lipinski definition) is 9. The lowest BCUT2D eigenvalue weighted by Crippen LogP contribution is -2.40. The maximum Gasteiger partial charge on any atom is 0.245 e. The summed E-state index contributed by atoms with van der Waals surface area (Å²) < 4.78 is 5.37. The van der Waals surface area contributed by atoms with Crippen molar-refractivity contribution in [3.05, 3.63) is 150 Å². The average molecular weight is 799 g/mol. The molecule has 2 unspecified atom stereocenters. The van der Waals surface area contributed by atoms with Gasteiger partial charge < -0.3 is 19.9 Å². The van der Waals surface area contributed by atoms with Gasteiger partial charge in [0.05, 0.1) is 36.1 Å². The van der Waals surface area contributed by atoms with E-state index in [0.717, 1.165) is 78.9 Å². The number of likely N-dealkylation sites (N-methyl/N-ethyl adjacent to an activating group) is 1. The molecule has 4 heterocycles. The van der Waals surface area contributed by atoms with E-state index in [0.29, 0.717) is 18.0 Å². The Bertz CT molecular complexity index is 2630. The molecule has 0 bridgehead atoms. The number of H-pyrrole nitrogens is 1. The number of pyridine rings is 1. The zero-order valence-corrected chi connectivity index (χ0v) is 34.6. The van der Waals surface area contributed by atoms with Gasteiger partial charge in [-0.15, -0.1) is 0 Å². The number of nitrogens with one attached hydrogen (secondary N) is 2. The van der Waals surface area contributed by atoms with Crippen molar-refractivity contribution >= 4 is 40.2 Å². The molecule has 1 amide bonds. The molecule has 3 aromatic heterocycles. The molecule has 1 aliphatic rings. The third-order valence-electron chi connectivity index (χ3n) is 10.5. The van der Waals surface area contributed by atoms with Crippen LogP contribution in [0.1, 0.15) is 72.9 Å². The van der Waals surface area contributed by atoms with Gasteiger partial charge in [0, 0.05) is 33.2 Å². The molecule has 1 saturated heterocycles. The van der Waals surface area contributed by atoms with Crippen LogP contribution in [0.25, 0.3) is 22.3 Å². The van der Waals surface area contributed by atoms with Gasteiger partial charge >= 0.3 is 0 Å². The van der Waals surface area contributed by atoms with Gasteiger partial charge in [0.2, 0.25) is 5.91 Å². The van der Waals surface area contributed by atoms with Crippen LogP contribution in [0.4, 0.5) is 11.5 Å². The van der Waals surface area contributed by atoms with Crippen molar-refractivity contribution in [2.45, 2.75) is 54.5 Å². The molecular formula is C48H46N8O2S. The SMILES string of the molecule is COc1ccc(Sc2ccc(C#Cc3ccc(-c4cnc(C5CCCN5C(=O)C(c5ccccc5)N(C)C)[nH]4)cc3)cc2Nc2ncnc3nc(C(C)C)ccc23)cc1. The molecule has 4 aromatic carbocycles. The molecule has 2 atom stereocenters. The van der Waals surface area contributed by atoms with Crippen LogP contribution in [0.15, 0.2) is 132 Å². The highest BCUT2D eigenvalue weighted by Gasteiger charge is 2.37. The van der Waals surface area contributed by atoms with Gasteiger partial charge in [-0.3, -0.25) is 9.69 Å². The fraction of sp³-hybridized carbons (Fsp3) is 0.229. The van der Waals surface area contributed by atoms with Crippen molar-refractivity contribution in [2.24, 2.45) is 0 Å². The lowest BCUT2D eigenvalue weighted by atomic mass is 10.0. The third-order valence-corrected chi connectivity index (χ3v) is 11.6. The Hall–Kier alpha value is -6.48. The number of benzene rings is 4. The van der Waals surface area contributed by atoms with Crippen molar-refractivity contribution < 1.29 is 9.53 Å². The molecule has 10 nitrogen and oxygen atoms in total. The summed E-state index contributed by atoms with van der Waals surface area (Å²) in [6, 6.07) is 35.9. The van der Waals surface area contributed by atoms with Crippen LogP contribution in [0.3, 0.4) is 0 Å². The molecule has 11 heteroatoms. The monoisotopic (exact) mass is 798 g/mol. The fourth-order valence-electron chi connectivity index (χ4n) is 7.37. The maximum atomic E-state index is 14.0. The molecule has 0 aliphatic carbocycles. The number of hydrogen-bond donors (Lipinski definition) is 2. The highest BCUT2D eigenvalue weighted by atomic mass is 32.2. The zero-order valence-electron chi connectivity index (χ0n) is 33.8. The second kappa shape index (κ2) is 17.6. The third kappa shape index (κ3) is 8.84. The number of nitrogens with zero attached hydrogens (tertiary/aromatic N) is 6. The first-order valence-electron chi connectivity index (χ1n) is 19.8. The number of carbonyl (C=O) groups is 1. The number of ether oxygens (including phenoxy) is 1. The highest BCUT2D eigenvalue weighted by molar-refractivity contribution is 7.99. The summed E-state index contributed by atoms with van der Waals surface area (Å²) in [7, 11) is 5.58. The van der Waals surface area contributed by atoms with E-state index in [4.69, 9.17) is 14.7 Å². The Kier molecular flexibility index (Phi) is 11.7. The molecule has 8 rings (SSSR count). The second-order valence-corrected chi connectivity index (χ2v) is 16.2. The molecule has 1 aliphatic heterocycles. The van der Waals surface area contributed by atoms with Crippen molar-refractivity contribution in [2.75, 3.05) is 33.1 Å². The highest BCUT2D eigenvalue weighted by Crippen LogP contribution is 2.38. The predicted octanol–water partition coefficient (Wildman–Crippen LogP) is 9.81. The van der Waals surface area contributed by atoms with E-state index in [2.05, 4.69) is 70.2 Å². The first-order valence-corrected chi connectivity index (χ1v) is 20.6. The summed E-state index contributed by atoms with van der Waals surface area (Å²) in [6.45, 7) is 4.95. The van der Waals surface area contributed by atoms with Gasteiger partial charge in [-0.2, -0.15) is 0 Å². The predicted molar refractivity (Wildman–Crippen MR) is 235 cm³/mol. The number of methoxy groups -OCH3 is 1. The smallest absolute Gasteiger partial charge is 0.245 e. The molecule has 296 valence electrons. The van der Waals surface area contributed by atoms with Gasteiger partial charge in [0.15, 0.2) is 5.65 Å². The van der Waals surface area contributed by atoms with Crippen LogP contribution in [0.5, 0.6) is 5.75 Å². The normalized spacial score (nSPS) is 14.4. The Morgan fingerprint density at radius 2 is 1.68 bits per heavy atom. The summed E-state index contributed by atoms with van der Waals surface area (Å²) in [5, 5.41) is 4.42. The lowest BCUT2D eigenvalue weighted by Gasteiger charge is -2.31. The molecule has 7 aromatic rings. The largest absolute Gasteiger partial charge is 0.497 e. The minimum Gasteiger partial charge on any atom is -0.497 e. The van der Waals surface area contributed by atoms with E-state index >= 15 is 0 Å². The number of imidazole rings is 1. The summed E-state index contributed by atoms with van der Waals surface area (Å²) in [4.78, 5) is 42.2. The number of aromatic nitrogens is 5. The van der Waals surface area contributed by atoms with Crippen molar-refractivity contribution in [3.63, 3.8) is 0 Å². The summed E-state index contributed by atoms with van der Waals surface area (Å²) >= 11 is 1.64. The lowest BCUT2D eigenvalue weighted by molar-refractivity contribution is -0.137. The number of anilines is 2. The quantitative estimate of drug-likeness (QED) is 0.124. The second-order valence-electron chi connectivity index (χ2n) is 15.1. The van der Waals surface area contributed by atoms with Crippen LogP contribution >= 0.6 is 11.8 Å². The first-order chi connectivity index (χ1) is 28.7. The maximum absolute atomic E-state index is 14.0. The molecule has 1 fully saturated rings. The van der Waals surface area contributed by atoms with E-state index < -0.39 is 0 Å². The van der Waals surface area contributed by atoms with Crippen molar-refractivity contribution in [3.8, 4) is 28.8 Å². The minimum atomic E-state index is -0.353. The topological polar surface area (TPSA) is 112 Å². The van der Waals surface area contributed by atoms with Crippen LogP contribution in [0.2, 0.25) is 0 Å². The molecule has 59 heavy (non-hydrogen) atoms. The van der Waals surface area contributed by atoms with E-state index in [9.17, 15) is 4.79 Å². The molecular weight excluding hydrogens is 753 g/mol. The van der Waals surface area contributed by atoms with E-state index in [1.807, 2.05) is 115 Å². The summed E-state index contributed by atoms with van der Waals surface area (Å²) in [5.41, 5.74) is 7.14. The van der Waals surface area contributed by atoms with E-state index in [-0.39, 0.29) is 23.9 Å². The van der Waals surface area contributed by atoms with Gasteiger partial charge in [0.25, 0.3) is 0 Å². The molecule has 0 radical (unpaired) electrons. The van der Waals surface area contributed by atoms with E-state index in [1.165, 1.54) is 0 Å². The Balaban J connectivity index is 1.01. The Labute approximate surface area is 349 Å². The number of carbonyl (C=O) groups excluding carboxylic acids is 1. The van der Waals surface area contributed by atoms with Gasteiger partial charge in [0.1, 0.15) is 29.8 Å². The standard InChI is InChI=1S/C48H46N8O2S/c1-31(2)39-25-24-38-45(52-39)50-30-51-46(38)53-40-28-33(17-26-43(40)59-37-22-20-36(58-5)21-23-37)14-13-32-15-18-34(19-16-32)41-29-49-47(54-41)42-12-9-27-56(42)48(57)44(55(3)4)35-10-7-6-8-11-35/h6-8,10-11,15-26,28-31,42,44H,9,12,27H2,1-5H3,(H,49,54)(H,50,51,52,53). The average Bonchev–Trinajstić information content (AvgIpc) is 3.95. The summed E-state index contributed by atoms with van der Waals surface area (Å²) in [5.74, 6) is 9.40. The Morgan fingerprint density at radius 3 is 2.42 bits per heavy atom. The van der Waals surface area contributed by atoms with Gasteiger partial charge in [-0.1, -0.05) is 79.9 Å². The van der Waals surface area contributed by atoms with Crippen molar-refractivity contribution in [1.82, 2.24) is 34.7 Å². The van der Waals surface area contributed by atoms with Crippen LogP contribution in [-0.4, -0.2) is 68.4 Å². The fourth-order valence-corrected chi connectivity index (χ4v) is 8.25. The molecule has 0 saturated carbocycles. The van der Waals surface area contributed by atoms with Crippen LogP contribution in [0, 0.1) is 11.8 Å². The number of aromatic amines is 1. The van der Waals surface area contributed by atoms with Gasteiger partial charge in [-0.05, 0) is 111 Å². The number of amides is 1. The summed E-state index contributed by atoms with van der Waals surface area (Å²) in [6.07, 6.45) is 5.21. The number of likely N-dealkylation sites (tertiary alicyclic amines) is 1. The van der Waals surface area contributed by atoms with Crippen LogP contribution in [-0.2, 0) is 4.79 Å². The molecule has 2 N–H and O–H groups in total. The zero-order chi connectivity index (χ0) is 40.9. The number of fused-ring (bicyclic) bond motifs is 1. The minimum absolute atomic E-state index is 0.0955. The molecule has 0 spiro atoms.